The minimum Gasteiger partial charge on any atom is -0.202 e. The van der Waals surface area contributed by atoms with Crippen molar-refractivity contribution in [3.8, 4) is 0 Å². The summed E-state index contributed by atoms with van der Waals surface area (Å²) in [6.07, 6.45) is 0.522. The quantitative estimate of drug-likeness (QED) is 0.794. The molecular formula is C15H15NNaO3S2. The predicted molar refractivity (Wildman–Crippen MR) is 90.1 cm³/mol. The fourth-order valence-corrected chi connectivity index (χ4v) is 4.16. The molecule has 0 unspecified atom stereocenters. The monoisotopic (exact) mass is 344 g/mol. The third-order valence-electron chi connectivity index (χ3n) is 3.03. The van der Waals surface area contributed by atoms with Gasteiger partial charge in [-0.05, 0) is 30.7 Å². The number of fused-ring (bicyclic) bond motifs is 2. The van der Waals surface area contributed by atoms with Crippen molar-refractivity contribution in [3.63, 3.8) is 0 Å². The van der Waals surface area contributed by atoms with Crippen LogP contribution in [-0.2, 0) is 14.4 Å². The second-order valence-electron chi connectivity index (χ2n) is 4.67. The molecule has 0 saturated heterocycles. The van der Waals surface area contributed by atoms with Gasteiger partial charge in [0.15, 0.2) is 0 Å². The third kappa shape index (κ3) is 3.69. The van der Waals surface area contributed by atoms with Crippen LogP contribution in [0, 0.1) is 0 Å². The maximum Gasteiger partial charge on any atom is 0.288 e. The predicted octanol–water partition coefficient (Wildman–Crippen LogP) is 3.58. The van der Waals surface area contributed by atoms with E-state index in [4.69, 9.17) is 4.28 Å². The second-order valence-corrected chi connectivity index (χ2v) is 7.42. The molecule has 1 heterocycles. The number of nitrogens with zero attached hydrogens (tertiary/aromatic N) is 1. The van der Waals surface area contributed by atoms with Crippen molar-refractivity contribution < 1.29 is 12.7 Å². The van der Waals surface area contributed by atoms with Crippen LogP contribution in [0.15, 0.2) is 58.3 Å². The van der Waals surface area contributed by atoms with Crippen LogP contribution in [0.5, 0.6) is 0 Å². The topological polar surface area (TPSA) is 46.6 Å². The third-order valence-corrected chi connectivity index (χ3v) is 5.44. The van der Waals surface area contributed by atoms with Crippen LogP contribution in [0.4, 0.5) is 11.4 Å². The Labute approximate surface area is 157 Å². The van der Waals surface area contributed by atoms with Gasteiger partial charge in [-0.15, -0.1) is 4.28 Å². The molecule has 0 aromatic heterocycles. The van der Waals surface area contributed by atoms with E-state index in [9.17, 15) is 8.42 Å². The number of para-hydroxylation sites is 2. The molecule has 0 amide bonds. The Hall–Kier alpha value is -0.500. The smallest absolute Gasteiger partial charge is 0.202 e. The molecule has 0 aliphatic carbocycles. The number of hydrogen-bond donors (Lipinski definition) is 0. The van der Waals surface area contributed by atoms with E-state index < -0.39 is 10.1 Å². The van der Waals surface area contributed by atoms with Crippen LogP contribution in [0.2, 0.25) is 0 Å². The van der Waals surface area contributed by atoms with Crippen molar-refractivity contribution in [2.24, 2.45) is 0 Å². The van der Waals surface area contributed by atoms with Crippen LogP contribution in [0.25, 0.3) is 0 Å². The Morgan fingerprint density at radius 3 is 2.00 bits per heavy atom. The number of benzene rings is 2. The molecule has 7 heteroatoms. The summed E-state index contributed by atoms with van der Waals surface area (Å²) in [5.74, 6) is 0.000969. The van der Waals surface area contributed by atoms with E-state index in [1.807, 2.05) is 55.5 Å². The number of hydrogen-bond acceptors (Lipinski definition) is 5. The summed E-state index contributed by atoms with van der Waals surface area (Å²) in [6, 6.07) is 15.2. The Bertz CT molecular complexity index is 719. The zero-order valence-electron chi connectivity index (χ0n) is 12.5. The molecule has 3 rings (SSSR count). The summed E-state index contributed by atoms with van der Waals surface area (Å²) in [6.45, 7) is 1.81. The van der Waals surface area contributed by atoms with Gasteiger partial charge in [-0.25, -0.2) is 5.06 Å². The molecule has 0 saturated carbocycles. The first-order valence-corrected chi connectivity index (χ1v) is 9.08. The first-order chi connectivity index (χ1) is 10.1. The van der Waals surface area contributed by atoms with Gasteiger partial charge in [-0.1, -0.05) is 43.0 Å². The van der Waals surface area contributed by atoms with Gasteiger partial charge >= 0.3 is 0 Å². The van der Waals surface area contributed by atoms with Crippen molar-refractivity contribution in [1.82, 2.24) is 0 Å². The second kappa shape index (κ2) is 7.38. The Kier molecular flexibility index (Phi) is 5.99. The minimum absolute atomic E-state index is 0. The molecule has 22 heavy (non-hydrogen) atoms. The molecule has 1 aliphatic heterocycles. The fraction of sp³-hybridized carbons (Fsp3) is 0.200. The zero-order chi connectivity index (χ0) is 14.9. The molecule has 4 nitrogen and oxygen atoms in total. The molecule has 0 spiro atoms. The molecule has 1 radical (unpaired) electrons. The Morgan fingerprint density at radius 1 is 1.00 bits per heavy atom. The first kappa shape index (κ1) is 17.8. The van der Waals surface area contributed by atoms with Crippen molar-refractivity contribution in [3.05, 3.63) is 48.5 Å². The van der Waals surface area contributed by atoms with E-state index >= 15 is 0 Å². The molecule has 0 atom stereocenters. The van der Waals surface area contributed by atoms with Crippen LogP contribution < -0.4 is 5.06 Å². The van der Waals surface area contributed by atoms with Gasteiger partial charge in [-0.3, -0.25) is 0 Å². The fourth-order valence-electron chi connectivity index (χ4n) is 2.15. The molecular weight excluding hydrogens is 329 g/mol. The summed E-state index contributed by atoms with van der Waals surface area (Å²) in [5.41, 5.74) is 1.50. The van der Waals surface area contributed by atoms with Crippen molar-refractivity contribution in [2.45, 2.75) is 23.1 Å². The van der Waals surface area contributed by atoms with Crippen LogP contribution in [0.3, 0.4) is 0 Å². The van der Waals surface area contributed by atoms with Crippen LogP contribution in [0.1, 0.15) is 13.3 Å². The number of anilines is 2. The molecule has 0 bridgehead atoms. The molecule has 2 aromatic carbocycles. The van der Waals surface area contributed by atoms with Crippen molar-refractivity contribution in [1.29, 1.82) is 0 Å². The minimum atomic E-state index is -3.60. The summed E-state index contributed by atoms with van der Waals surface area (Å²) in [4.78, 5) is 1.95. The van der Waals surface area contributed by atoms with Crippen molar-refractivity contribution >= 4 is 62.8 Å². The van der Waals surface area contributed by atoms with Crippen LogP contribution in [-0.4, -0.2) is 43.7 Å². The molecule has 0 N–H and O–H groups in total. The van der Waals surface area contributed by atoms with Gasteiger partial charge in [0.1, 0.15) is 0 Å². The van der Waals surface area contributed by atoms with E-state index in [0.29, 0.717) is 6.42 Å². The standard InChI is InChI=1S/C15H15NO3S2.Na/c1-2-11-21(17,18)19-16-12-7-3-5-9-14(12)20-15-10-6-4-8-13(15)16;/h3-10H,2,11H2,1H3;. The molecule has 0 fully saturated rings. The summed E-state index contributed by atoms with van der Waals surface area (Å²) >= 11 is 1.61. The Balaban J connectivity index is 0.00000176. The SMILES string of the molecule is CCCS(=O)(=O)ON1c2ccccc2Sc2ccccc21.[Na]. The van der Waals surface area contributed by atoms with E-state index in [0.717, 1.165) is 21.2 Å². The maximum absolute atomic E-state index is 12.0. The van der Waals surface area contributed by atoms with Gasteiger partial charge < -0.3 is 0 Å². The summed E-state index contributed by atoms with van der Waals surface area (Å²) in [7, 11) is -3.60. The van der Waals surface area contributed by atoms with Crippen LogP contribution >= 0.6 is 11.8 Å². The normalized spacial score (nSPS) is 13.0. The maximum atomic E-state index is 12.0. The van der Waals surface area contributed by atoms with E-state index in [1.165, 1.54) is 5.06 Å². The molecule has 2 aromatic rings. The number of rotatable bonds is 4. The van der Waals surface area contributed by atoms with Gasteiger partial charge in [0.2, 0.25) is 0 Å². The van der Waals surface area contributed by atoms with Gasteiger partial charge in [0, 0.05) is 39.3 Å². The average Bonchev–Trinajstić information content (AvgIpc) is 2.47. The first-order valence-electron chi connectivity index (χ1n) is 6.69. The van der Waals surface area contributed by atoms with Gasteiger partial charge in [0.05, 0.1) is 17.1 Å². The van der Waals surface area contributed by atoms with E-state index in [-0.39, 0.29) is 35.3 Å². The molecule has 111 valence electrons. The van der Waals surface area contributed by atoms with E-state index in [1.54, 1.807) is 11.8 Å². The van der Waals surface area contributed by atoms with Gasteiger partial charge in [0.25, 0.3) is 10.1 Å². The Morgan fingerprint density at radius 2 is 1.50 bits per heavy atom. The van der Waals surface area contributed by atoms with E-state index in [2.05, 4.69) is 0 Å². The summed E-state index contributed by atoms with van der Waals surface area (Å²) < 4.78 is 29.5. The average molecular weight is 344 g/mol. The summed E-state index contributed by atoms with van der Waals surface area (Å²) in [5, 5.41) is 1.42. The van der Waals surface area contributed by atoms with Gasteiger partial charge in [-0.2, -0.15) is 8.42 Å². The molecule has 1 aliphatic rings. The van der Waals surface area contributed by atoms with Crippen molar-refractivity contribution in [2.75, 3.05) is 10.8 Å². The zero-order valence-corrected chi connectivity index (χ0v) is 16.2. The largest absolute Gasteiger partial charge is 0.288 e.